The predicted octanol–water partition coefficient (Wildman–Crippen LogP) is 1.69. The molecule has 0 saturated heterocycles. The quantitative estimate of drug-likeness (QED) is 0.667. The van der Waals surface area contributed by atoms with Crippen LogP contribution < -0.4 is 10.6 Å². The van der Waals surface area contributed by atoms with Crippen LogP contribution in [0.15, 0.2) is 6.33 Å². The van der Waals surface area contributed by atoms with Crippen LogP contribution in [0.3, 0.4) is 0 Å². The highest BCUT2D eigenvalue weighted by Gasteiger charge is 2.21. The number of aromatic nitrogens is 4. The third kappa shape index (κ3) is 3.45. The number of fused-ring (bicyclic) bond motifs is 3. The van der Waals surface area contributed by atoms with Gasteiger partial charge in [0, 0.05) is 14.1 Å². The first-order valence-corrected chi connectivity index (χ1v) is 8.80. The molecule has 0 aliphatic rings. The van der Waals surface area contributed by atoms with Crippen molar-refractivity contribution in [3.05, 3.63) is 11.3 Å². The molecule has 3 heterocycles. The number of ether oxygens (including phenoxy) is 1. The van der Waals surface area contributed by atoms with Crippen molar-refractivity contribution in [1.29, 1.82) is 0 Å². The summed E-state index contributed by atoms with van der Waals surface area (Å²) < 4.78 is 7.01. The van der Waals surface area contributed by atoms with Gasteiger partial charge in [-0.1, -0.05) is 11.3 Å². The fraction of sp³-hybridized carbons (Fsp3) is 0.438. The second kappa shape index (κ2) is 6.52. The lowest BCUT2D eigenvalue weighted by Gasteiger charge is -2.19. The van der Waals surface area contributed by atoms with Crippen molar-refractivity contribution in [1.82, 2.24) is 24.8 Å². The Hall–Kier alpha value is -2.75. The highest BCUT2D eigenvalue weighted by molar-refractivity contribution is 7.20. The highest BCUT2D eigenvalue weighted by atomic mass is 32.1. The van der Waals surface area contributed by atoms with Crippen molar-refractivity contribution < 1.29 is 14.3 Å². The van der Waals surface area contributed by atoms with Crippen LogP contribution >= 0.6 is 11.3 Å². The van der Waals surface area contributed by atoms with E-state index in [2.05, 4.69) is 25.6 Å². The number of pyridine rings is 1. The normalized spacial score (nSPS) is 11.7. The van der Waals surface area contributed by atoms with Crippen LogP contribution in [-0.2, 0) is 16.6 Å². The van der Waals surface area contributed by atoms with E-state index in [0.29, 0.717) is 21.7 Å². The van der Waals surface area contributed by atoms with Gasteiger partial charge in [-0.3, -0.25) is 9.59 Å². The summed E-state index contributed by atoms with van der Waals surface area (Å²) in [6.07, 6.45) is 1.67. The van der Waals surface area contributed by atoms with Gasteiger partial charge in [0.1, 0.15) is 33.5 Å². The lowest BCUT2D eigenvalue weighted by atomic mass is 10.2. The number of nitrogens with zero attached hydrogens (tertiary/aromatic N) is 4. The minimum atomic E-state index is -0.601. The number of hydrogen-bond donors (Lipinski definition) is 2. The van der Waals surface area contributed by atoms with E-state index in [4.69, 9.17) is 4.74 Å². The summed E-state index contributed by atoms with van der Waals surface area (Å²) in [7, 11) is 3.62. The lowest BCUT2D eigenvalue weighted by Crippen LogP contribution is -2.34. The minimum absolute atomic E-state index is 0.220. The summed E-state index contributed by atoms with van der Waals surface area (Å²) in [5.74, 6) is -0.325. The largest absolute Gasteiger partial charge is 0.459 e. The molecule has 26 heavy (non-hydrogen) atoms. The number of carbonyl (C=O) groups is 2. The third-order valence-electron chi connectivity index (χ3n) is 3.45. The first-order chi connectivity index (χ1) is 12.2. The lowest BCUT2D eigenvalue weighted by molar-refractivity contribution is -0.153. The van der Waals surface area contributed by atoms with Crippen molar-refractivity contribution in [2.75, 3.05) is 18.9 Å². The summed E-state index contributed by atoms with van der Waals surface area (Å²) in [6, 6.07) is 0. The molecule has 138 valence electrons. The van der Waals surface area contributed by atoms with Crippen LogP contribution in [0.1, 0.15) is 30.6 Å². The number of esters is 1. The smallest absolute Gasteiger partial charge is 0.325 e. The second-order valence-corrected chi connectivity index (χ2v) is 7.68. The summed E-state index contributed by atoms with van der Waals surface area (Å²) in [6.45, 7) is 5.08. The summed E-state index contributed by atoms with van der Waals surface area (Å²) in [5, 5.41) is 5.77. The Morgan fingerprint density at radius 1 is 1.27 bits per heavy atom. The molecule has 0 aromatic carbocycles. The number of rotatable bonds is 4. The molecule has 1 amide bonds. The Balaban J connectivity index is 1.87. The fourth-order valence-electron chi connectivity index (χ4n) is 2.46. The number of carbonyl (C=O) groups excluding carboxylic acids is 2. The van der Waals surface area contributed by atoms with Gasteiger partial charge in [-0.15, -0.1) is 0 Å². The van der Waals surface area contributed by atoms with Gasteiger partial charge in [-0.25, -0.2) is 15.0 Å². The van der Waals surface area contributed by atoms with Crippen molar-refractivity contribution in [3.8, 4) is 0 Å². The molecule has 0 spiro atoms. The Morgan fingerprint density at radius 2 is 2.00 bits per heavy atom. The van der Waals surface area contributed by atoms with Gasteiger partial charge in [0.2, 0.25) is 0 Å². The van der Waals surface area contributed by atoms with Crippen molar-refractivity contribution in [3.63, 3.8) is 0 Å². The number of nitrogens with one attached hydrogen (secondary N) is 2. The van der Waals surface area contributed by atoms with Crippen LogP contribution in [0.4, 0.5) is 5.82 Å². The molecule has 0 radical (unpaired) electrons. The zero-order valence-electron chi connectivity index (χ0n) is 15.2. The fourth-order valence-corrected chi connectivity index (χ4v) is 3.32. The third-order valence-corrected chi connectivity index (χ3v) is 4.40. The van der Waals surface area contributed by atoms with Crippen LogP contribution in [-0.4, -0.2) is 50.6 Å². The molecule has 0 aliphatic heterocycles. The zero-order chi connectivity index (χ0) is 19.1. The van der Waals surface area contributed by atoms with Crippen molar-refractivity contribution in [2.24, 2.45) is 7.05 Å². The molecule has 9 nitrogen and oxygen atoms in total. The molecule has 0 fully saturated rings. The van der Waals surface area contributed by atoms with Gasteiger partial charge in [-0.2, -0.15) is 0 Å². The number of amides is 1. The molecule has 0 bridgehead atoms. The molecule has 3 aromatic heterocycles. The van der Waals surface area contributed by atoms with E-state index in [1.807, 2.05) is 11.6 Å². The molecular weight excluding hydrogens is 356 g/mol. The van der Waals surface area contributed by atoms with Gasteiger partial charge in [0.15, 0.2) is 10.8 Å². The van der Waals surface area contributed by atoms with Gasteiger partial charge in [0.25, 0.3) is 5.91 Å². The Labute approximate surface area is 153 Å². The van der Waals surface area contributed by atoms with Crippen LogP contribution in [0.5, 0.6) is 0 Å². The van der Waals surface area contributed by atoms with Gasteiger partial charge < -0.3 is 19.9 Å². The zero-order valence-corrected chi connectivity index (χ0v) is 16.0. The van der Waals surface area contributed by atoms with Crippen LogP contribution in [0, 0.1) is 0 Å². The topological polar surface area (TPSA) is 111 Å². The van der Waals surface area contributed by atoms with Gasteiger partial charge >= 0.3 is 5.97 Å². The maximum Gasteiger partial charge on any atom is 0.325 e. The summed E-state index contributed by atoms with van der Waals surface area (Å²) in [4.78, 5) is 37.9. The average molecular weight is 376 g/mol. The van der Waals surface area contributed by atoms with Crippen molar-refractivity contribution >= 4 is 50.4 Å². The Kier molecular flexibility index (Phi) is 4.53. The molecule has 0 unspecified atom stereocenters. The van der Waals surface area contributed by atoms with Crippen molar-refractivity contribution in [2.45, 2.75) is 26.4 Å². The molecule has 3 aromatic rings. The van der Waals surface area contributed by atoms with Gasteiger partial charge in [0.05, 0.1) is 6.33 Å². The number of anilines is 1. The van der Waals surface area contributed by atoms with E-state index in [0.717, 1.165) is 16.9 Å². The Morgan fingerprint density at radius 3 is 2.65 bits per heavy atom. The van der Waals surface area contributed by atoms with Crippen LogP contribution in [0.2, 0.25) is 0 Å². The molecule has 0 atom stereocenters. The molecule has 0 aliphatic carbocycles. The summed E-state index contributed by atoms with van der Waals surface area (Å²) >= 11 is 1.16. The van der Waals surface area contributed by atoms with E-state index in [9.17, 15) is 9.59 Å². The average Bonchev–Trinajstić information content (AvgIpc) is 3.13. The monoisotopic (exact) mass is 376 g/mol. The van der Waals surface area contributed by atoms with E-state index >= 15 is 0 Å². The van der Waals surface area contributed by atoms with E-state index in [1.54, 1.807) is 34.1 Å². The maximum atomic E-state index is 12.4. The van der Waals surface area contributed by atoms with Crippen LogP contribution in [0.25, 0.3) is 21.4 Å². The summed E-state index contributed by atoms with van der Waals surface area (Å²) in [5.41, 5.74) is 1.48. The molecule has 2 N–H and O–H groups in total. The number of hydrogen-bond acceptors (Lipinski definition) is 8. The second-order valence-electron chi connectivity index (χ2n) is 6.70. The number of thiazole rings is 1. The molecule has 3 rings (SSSR count). The number of aryl methyl sites for hydroxylation is 1. The molecular formula is C16H20N6O3S. The standard InChI is InChI=1S/C16H20N6O3S/c1-16(2,3)25-8(23)6-18-13(24)15-20-10-11-9(19-7-22(11)5)12(17-4)21-14(10)26-15/h7H,6H2,1-5H3,(H,17,21)(H,18,24). The Bertz CT molecular complexity index is 1000. The number of imidazole rings is 1. The predicted molar refractivity (Wildman–Crippen MR) is 99.4 cm³/mol. The highest BCUT2D eigenvalue weighted by Crippen LogP contribution is 2.30. The van der Waals surface area contributed by atoms with E-state index < -0.39 is 17.5 Å². The van der Waals surface area contributed by atoms with E-state index in [1.165, 1.54) is 0 Å². The molecule has 0 saturated carbocycles. The minimum Gasteiger partial charge on any atom is -0.459 e. The van der Waals surface area contributed by atoms with E-state index in [-0.39, 0.29) is 11.6 Å². The first kappa shape index (κ1) is 18.1. The molecule has 10 heteroatoms. The SMILES string of the molecule is CNc1nc2sc(C(=O)NCC(=O)OC(C)(C)C)nc2c2c1ncn2C. The first-order valence-electron chi connectivity index (χ1n) is 7.99. The maximum absolute atomic E-state index is 12.4. The van der Waals surface area contributed by atoms with Gasteiger partial charge in [-0.05, 0) is 20.8 Å².